The number of benzene rings is 1. The molecule has 114 valence electrons. The highest BCUT2D eigenvalue weighted by molar-refractivity contribution is 9.10. The van der Waals surface area contributed by atoms with Crippen molar-refractivity contribution in [2.45, 2.75) is 6.54 Å². The summed E-state index contributed by atoms with van der Waals surface area (Å²) in [6, 6.07) is 10.5. The molecule has 6 nitrogen and oxygen atoms in total. The molecule has 1 aromatic carbocycles. The molecule has 2 amide bonds. The highest BCUT2D eigenvalue weighted by Crippen LogP contribution is 2.15. The van der Waals surface area contributed by atoms with E-state index in [1.54, 1.807) is 24.3 Å². The number of hydrogen-bond acceptors (Lipinski definition) is 4. The second-order valence-corrected chi connectivity index (χ2v) is 5.26. The molecule has 0 aliphatic carbocycles. The molecule has 0 bridgehead atoms. The fraction of sp³-hybridized carbons (Fsp3) is 0.133. The average Bonchev–Trinajstić information content (AvgIpc) is 2.55. The Kier molecular flexibility index (Phi) is 5.48. The van der Waals surface area contributed by atoms with E-state index < -0.39 is 6.09 Å². The van der Waals surface area contributed by atoms with Crippen LogP contribution in [0.4, 0.5) is 10.5 Å². The second kappa shape index (κ2) is 7.56. The minimum absolute atomic E-state index is 0.187. The Labute approximate surface area is 136 Å². The fourth-order valence-electron chi connectivity index (χ4n) is 1.69. The van der Waals surface area contributed by atoms with Gasteiger partial charge in [0.15, 0.2) is 0 Å². The topological polar surface area (TPSA) is 80.3 Å². The molecule has 0 aliphatic heterocycles. The van der Waals surface area contributed by atoms with E-state index in [-0.39, 0.29) is 12.5 Å². The Morgan fingerprint density at radius 3 is 2.64 bits per heavy atom. The molecular weight excluding hydrogens is 350 g/mol. The molecule has 2 N–H and O–H groups in total. The van der Waals surface area contributed by atoms with Crippen molar-refractivity contribution in [2.24, 2.45) is 0 Å². The Morgan fingerprint density at radius 1 is 1.23 bits per heavy atom. The van der Waals surface area contributed by atoms with Crippen molar-refractivity contribution in [1.82, 2.24) is 10.3 Å². The summed E-state index contributed by atoms with van der Waals surface area (Å²) in [5.41, 5.74) is 1.72. The largest absolute Gasteiger partial charge is 0.453 e. The standard InChI is InChI=1S/C15H14BrN3O3/c1-22-15(21)18-9-13-8-10(6-7-17-13)14(20)19-12-4-2-11(16)3-5-12/h2-8H,9H2,1H3,(H,18,21)(H,19,20). The highest BCUT2D eigenvalue weighted by Gasteiger charge is 2.08. The van der Waals surface area contributed by atoms with Gasteiger partial charge in [0.1, 0.15) is 0 Å². The molecular formula is C15H14BrN3O3. The minimum Gasteiger partial charge on any atom is -0.453 e. The van der Waals surface area contributed by atoms with Crippen LogP contribution in [0.5, 0.6) is 0 Å². The van der Waals surface area contributed by atoms with Crippen molar-refractivity contribution in [3.8, 4) is 0 Å². The molecule has 0 saturated carbocycles. The summed E-state index contributed by atoms with van der Waals surface area (Å²) in [6.07, 6.45) is 0.969. The number of halogens is 1. The summed E-state index contributed by atoms with van der Waals surface area (Å²) in [5, 5.41) is 5.30. The third-order valence-corrected chi connectivity index (χ3v) is 3.31. The van der Waals surface area contributed by atoms with Crippen LogP contribution < -0.4 is 10.6 Å². The van der Waals surface area contributed by atoms with E-state index in [2.05, 4.69) is 36.3 Å². The lowest BCUT2D eigenvalue weighted by molar-refractivity contribution is 0.102. The van der Waals surface area contributed by atoms with Crippen molar-refractivity contribution in [3.05, 3.63) is 58.3 Å². The molecule has 0 saturated heterocycles. The van der Waals surface area contributed by atoms with Crippen LogP contribution in [0.25, 0.3) is 0 Å². The molecule has 0 unspecified atom stereocenters. The predicted octanol–water partition coefficient (Wildman–Crippen LogP) is 2.95. The third kappa shape index (κ3) is 4.56. The number of nitrogens with one attached hydrogen (secondary N) is 2. The van der Waals surface area contributed by atoms with Gasteiger partial charge in [0, 0.05) is 21.9 Å². The van der Waals surface area contributed by atoms with Crippen molar-refractivity contribution < 1.29 is 14.3 Å². The van der Waals surface area contributed by atoms with E-state index in [1.807, 2.05) is 12.1 Å². The SMILES string of the molecule is COC(=O)NCc1cc(C(=O)Nc2ccc(Br)cc2)ccn1. The summed E-state index contributed by atoms with van der Waals surface area (Å²) >= 11 is 3.34. The van der Waals surface area contributed by atoms with Gasteiger partial charge in [-0.25, -0.2) is 4.79 Å². The van der Waals surface area contributed by atoms with E-state index >= 15 is 0 Å². The van der Waals surface area contributed by atoms with Crippen molar-refractivity contribution in [2.75, 3.05) is 12.4 Å². The molecule has 1 aromatic heterocycles. The lowest BCUT2D eigenvalue weighted by atomic mass is 10.2. The van der Waals surface area contributed by atoms with E-state index in [9.17, 15) is 9.59 Å². The summed E-state index contributed by atoms with van der Waals surface area (Å²) < 4.78 is 5.41. The van der Waals surface area contributed by atoms with Gasteiger partial charge in [-0.3, -0.25) is 9.78 Å². The smallest absolute Gasteiger partial charge is 0.407 e. The first-order chi connectivity index (χ1) is 10.6. The lowest BCUT2D eigenvalue weighted by Crippen LogP contribution is -2.23. The number of hydrogen-bond donors (Lipinski definition) is 2. The Bertz CT molecular complexity index is 674. The van der Waals surface area contributed by atoms with E-state index in [0.29, 0.717) is 16.9 Å². The van der Waals surface area contributed by atoms with Crippen molar-refractivity contribution >= 4 is 33.6 Å². The van der Waals surface area contributed by atoms with Crippen LogP contribution in [0.1, 0.15) is 16.1 Å². The Hall–Kier alpha value is -2.41. The van der Waals surface area contributed by atoms with Crippen LogP contribution in [0, 0.1) is 0 Å². The van der Waals surface area contributed by atoms with E-state index in [0.717, 1.165) is 4.47 Å². The first-order valence-electron chi connectivity index (χ1n) is 6.42. The summed E-state index contributed by atoms with van der Waals surface area (Å²) in [4.78, 5) is 27.3. The van der Waals surface area contributed by atoms with Crippen LogP contribution in [-0.4, -0.2) is 24.1 Å². The highest BCUT2D eigenvalue weighted by atomic mass is 79.9. The predicted molar refractivity (Wildman–Crippen MR) is 85.6 cm³/mol. The number of alkyl carbamates (subject to hydrolysis) is 1. The molecule has 2 aromatic rings. The summed E-state index contributed by atoms with van der Waals surface area (Å²) in [7, 11) is 1.28. The lowest BCUT2D eigenvalue weighted by Gasteiger charge is -2.07. The number of aromatic nitrogens is 1. The van der Waals surface area contributed by atoms with Gasteiger partial charge in [-0.2, -0.15) is 0 Å². The number of rotatable bonds is 4. The maximum atomic E-state index is 12.2. The number of carbonyl (C=O) groups is 2. The van der Waals surface area contributed by atoms with Crippen molar-refractivity contribution in [3.63, 3.8) is 0 Å². The normalized spacial score (nSPS) is 9.91. The molecule has 0 fully saturated rings. The van der Waals surface area contributed by atoms with Crippen molar-refractivity contribution in [1.29, 1.82) is 0 Å². The number of carbonyl (C=O) groups excluding carboxylic acids is 2. The number of amides is 2. The van der Waals surface area contributed by atoms with Gasteiger partial charge in [0.25, 0.3) is 5.91 Å². The van der Waals surface area contributed by atoms with Gasteiger partial charge in [0.05, 0.1) is 19.3 Å². The maximum absolute atomic E-state index is 12.2. The van der Waals surface area contributed by atoms with E-state index in [4.69, 9.17) is 0 Å². The van der Waals surface area contributed by atoms with Crippen LogP contribution in [-0.2, 0) is 11.3 Å². The second-order valence-electron chi connectivity index (χ2n) is 4.34. The minimum atomic E-state index is -0.550. The van der Waals surface area contributed by atoms with Gasteiger partial charge in [0.2, 0.25) is 0 Å². The van der Waals surface area contributed by atoms with Gasteiger partial charge in [-0.15, -0.1) is 0 Å². The zero-order valence-electron chi connectivity index (χ0n) is 11.8. The number of nitrogens with zero attached hydrogens (tertiary/aromatic N) is 1. The number of ether oxygens (including phenoxy) is 1. The average molecular weight is 364 g/mol. The quantitative estimate of drug-likeness (QED) is 0.874. The first kappa shape index (κ1) is 16.0. The zero-order chi connectivity index (χ0) is 15.9. The first-order valence-corrected chi connectivity index (χ1v) is 7.21. The summed E-state index contributed by atoms with van der Waals surface area (Å²) in [6.45, 7) is 0.187. The number of methoxy groups -OCH3 is 1. The molecule has 0 atom stereocenters. The van der Waals surface area contributed by atoms with E-state index in [1.165, 1.54) is 13.3 Å². The molecule has 22 heavy (non-hydrogen) atoms. The fourth-order valence-corrected chi connectivity index (χ4v) is 1.95. The van der Waals surface area contributed by atoms with Crippen LogP contribution >= 0.6 is 15.9 Å². The molecule has 7 heteroatoms. The van der Waals surface area contributed by atoms with Gasteiger partial charge in [-0.05, 0) is 36.4 Å². The van der Waals surface area contributed by atoms with Crippen LogP contribution in [0.3, 0.4) is 0 Å². The molecule has 1 heterocycles. The maximum Gasteiger partial charge on any atom is 0.407 e. The molecule has 0 aliphatic rings. The zero-order valence-corrected chi connectivity index (χ0v) is 13.4. The Balaban J connectivity index is 2.03. The molecule has 0 radical (unpaired) electrons. The number of anilines is 1. The van der Waals surface area contributed by atoms with Gasteiger partial charge >= 0.3 is 6.09 Å². The van der Waals surface area contributed by atoms with Crippen LogP contribution in [0.15, 0.2) is 47.1 Å². The van der Waals surface area contributed by atoms with Gasteiger partial charge in [-0.1, -0.05) is 15.9 Å². The summed E-state index contributed by atoms with van der Waals surface area (Å²) in [5.74, 6) is -0.246. The van der Waals surface area contributed by atoms with Gasteiger partial charge < -0.3 is 15.4 Å². The monoisotopic (exact) mass is 363 g/mol. The number of pyridine rings is 1. The van der Waals surface area contributed by atoms with Crippen LogP contribution in [0.2, 0.25) is 0 Å². The third-order valence-electron chi connectivity index (χ3n) is 2.78. The molecule has 0 spiro atoms. The Morgan fingerprint density at radius 2 is 1.95 bits per heavy atom. The molecule has 2 rings (SSSR count).